The molecule has 3 rings (SSSR count). The van der Waals surface area contributed by atoms with Crippen LogP contribution >= 0.6 is 22.9 Å². The van der Waals surface area contributed by atoms with Gasteiger partial charge in [0.2, 0.25) is 5.13 Å². The largest absolute Gasteiger partial charge is 0.234 e. The molecule has 0 saturated carbocycles. The first-order chi connectivity index (χ1) is 8.34. The van der Waals surface area contributed by atoms with Crippen LogP contribution in [-0.4, -0.2) is 25.2 Å². The van der Waals surface area contributed by atoms with Crippen molar-refractivity contribution in [3.63, 3.8) is 0 Å². The van der Waals surface area contributed by atoms with E-state index in [9.17, 15) is 0 Å². The third-order valence-electron chi connectivity index (χ3n) is 2.14. The van der Waals surface area contributed by atoms with E-state index >= 15 is 0 Å². The lowest BCUT2D eigenvalue weighted by Crippen LogP contribution is -1.93. The van der Waals surface area contributed by atoms with Gasteiger partial charge in [-0.05, 0) is 6.07 Å². The molecular weight excluding hydrogens is 258 g/mol. The van der Waals surface area contributed by atoms with Crippen LogP contribution in [0.2, 0.25) is 5.02 Å². The van der Waals surface area contributed by atoms with Crippen LogP contribution in [0.3, 0.4) is 0 Å². The van der Waals surface area contributed by atoms with Crippen LogP contribution in [0.4, 0.5) is 0 Å². The van der Waals surface area contributed by atoms with Crippen LogP contribution in [0.15, 0.2) is 36.7 Å². The van der Waals surface area contributed by atoms with Crippen molar-refractivity contribution in [2.45, 2.75) is 0 Å². The van der Waals surface area contributed by atoms with Crippen molar-refractivity contribution in [3.05, 3.63) is 41.7 Å². The third kappa shape index (κ3) is 1.92. The highest BCUT2D eigenvalue weighted by Gasteiger charge is 2.10. The minimum atomic E-state index is 0.661. The van der Waals surface area contributed by atoms with E-state index in [1.54, 1.807) is 17.1 Å². The molecule has 0 spiro atoms. The lowest BCUT2D eigenvalue weighted by molar-refractivity contribution is 0.785. The van der Waals surface area contributed by atoms with E-state index in [-0.39, 0.29) is 0 Å². The van der Waals surface area contributed by atoms with Gasteiger partial charge in [-0.3, -0.25) is 0 Å². The summed E-state index contributed by atoms with van der Waals surface area (Å²) in [6.07, 6.45) is 3.31. The SMILES string of the molecule is Clc1ccccc1-c1nnc(-n2ccnn2)s1. The fraction of sp³-hybridized carbons (Fsp3) is 0. The second-order valence-electron chi connectivity index (χ2n) is 3.22. The van der Waals surface area contributed by atoms with Gasteiger partial charge in [0, 0.05) is 5.56 Å². The molecule has 0 bridgehead atoms. The van der Waals surface area contributed by atoms with Gasteiger partial charge >= 0.3 is 0 Å². The quantitative estimate of drug-likeness (QED) is 0.713. The lowest BCUT2D eigenvalue weighted by Gasteiger charge is -1.96. The molecule has 0 aliphatic rings. The van der Waals surface area contributed by atoms with Gasteiger partial charge < -0.3 is 0 Å². The van der Waals surface area contributed by atoms with Crippen molar-refractivity contribution in [1.82, 2.24) is 25.2 Å². The molecule has 1 aromatic carbocycles. The summed E-state index contributed by atoms with van der Waals surface area (Å²) >= 11 is 7.51. The Morgan fingerprint density at radius 2 is 2.06 bits per heavy atom. The molecule has 84 valence electrons. The van der Waals surface area contributed by atoms with Gasteiger partial charge in [0.1, 0.15) is 0 Å². The van der Waals surface area contributed by atoms with Crippen LogP contribution in [0.25, 0.3) is 15.7 Å². The highest BCUT2D eigenvalue weighted by atomic mass is 35.5. The molecule has 0 fully saturated rings. The molecule has 5 nitrogen and oxygen atoms in total. The Kier molecular flexibility index (Phi) is 2.58. The zero-order valence-electron chi connectivity index (χ0n) is 8.49. The van der Waals surface area contributed by atoms with Crippen LogP contribution in [0, 0.1) is 0 Å². The number of hydrogen-bond acceptors (Lipinski definition) is 5. The number of hydrogen-bond donors (Lipinski definition) is 0. The summed E-state index contributed by atoms with van der Waals surface area (Å²) in [5.74, 6) is 0. The highest BCUT2D eigenvalue weighted by Crippen LogP contribution is 2.30. The van der Waals surface area contributed by atoms with Gasteiger partial charge in [-0.15, -0.1) is 15.3 Å². The molecule has 2 aromatic heterocycles. The van der Waals surface area contributed by atoms with Crippen molar-refractivity contribution in [2.75, 3.05) is 0 Å². The number of nitrogens with zero attached hydrogens (tertiary/aromatic N) is 5. The number of aromatic nitrogens is 5. The summed E-state index contributed by atoms with van der Waals surface area (Å²) in [6, 6.07) is 7.53. The van der Waals surface area contributed by atoms with Crippen LogP contribution in [0.5, 0.6) is 0 Å². The maximum absolute atomic E-state index is 6.10. The molecule has 0 amide bonds. The first kappa shape index (κ1) is 10.4. The predicted molar refractivity (Wildman–Crippen MR) is 65.3 cm³/mol. The van der Waals surface area contributed by atoms with Gasteiger partial charge in [-0.25, -0.2) is 0 Å². The van der Waals surface area contributed by atoms with Gasteiger partial charge in [-0.2, -0.15) is 4.68 Å². The molecule has 0 unspecified atom stereocenters. The lowest BCUT2D eigenvalue weighted by atomic mass is 10.2. The first-order valence-electron chi connectivity index (χ1n) is 4.80. The molecular formula is C10H6ClN5S. The number of rotatable bonds is 2. The zero-order valence-corrected chi connectivity index (χ0v) is 10.1. The Labute approximate surface area is 106 Å². The zero-order chi connectivity index (χ0) is 11.7. The van der Waals surface area contributed by atoms with E-state index < -0.39 is 0 Å². The van der Waals surface area contributed by atoms with Crippen molar-refractivity contribution in [1.29, 1.82) is 0 Å². The standard InChI is InChI=1S/C10H6ClN5S/c11-8-4-2-1-3-7(8)9-13-14-10(17-9)16-6-5-12-15-16/h1-6H. The van der Waals surface area contributed by atoms with Crippen molar-refractivity contribution >= 4 is 22.9 Å². The van der Waals surface area contributed by atoms with Crippen molar-refractivity contribution < 1.29 is 0 Å². The smallest absolute Gasteiger partial charge is 0.192 e. The molecule has 3 aromatic rings. The molecule has 2 heterocycles. The fourth-order valence-electron chi connectivity index (χ4n) is 1.36. The Morgan fingerprint density at radius 1 is 1.18 bits per heavy atom. The van der Waals surface area contributed by atoms with Crippen LogP contribution in [0.1, 0.15) is 0 Å². The van der Waals surface area contributed by atoms with Gasteiger partial charge in [-0.1, -0.05) is 46.4 Å². The maximum atomic E-state index is 6.10. The Hall–Kier alpha value is -1.79. The average molecular weight is 264 g/mol. The highest BCUT2D eigenvalue weighted by molar-refractivity contribution is 7.17. The summed E-state index contributed by atoms with van der Waals surface area (Å²) in [5.41, 5.74) is 0.873. The molecule has 0 radical (unpaired) electrons. The number of benzene rings is 1. The summed E-state index contributed by atoms with van der Waals surface area (Å²) in [5, 5.41) is 17.8. The van der Waals surface area contributed by atoms with Gasteiger partial charge in [0.15, 0.2) is 5.01 Å². The molecule has 0 saturated heterocycles. The van der Waals surface area contributed by atoms with E-state index in [1.165, 1.54) is 11.3 Å². The Morgan fingerprint density at radius 3 is 2.82 bits per heavy atom. The minimum Gasteiger partial charge on any atom is -0.192 e. The predicted octanol–water partition coefficient (Wildman–Crippen LogP) is 2.44. The topological polar surface area (TPSA) is 56.5 Å². The first-order valence-corrected chi connectivity index (χ1v) is 5.99. The van der Waals surface area contributed by atoms with E-state index in [0.29, 0.717) is 10.2 Å². The van der Waals surface area contributed by atoms with E-state index in [1.807, 2.05) is 24.3 Å². The Balaban J connectivity index is 2.04. The average Bonchev–Trinajstić information content (AvgIpc) is 3.00. The second kappa shape index (κ2) is 4.23. The molecule has 7 heteroatoms. The second-order valence-corrected chi connectivity index (χ2v) is 4.58. The van der Waals surface area contributed by atoms with Gasteiger partial charge in [0.25, 0.3) is 0 Å². The third-order valence-corrected chi connectivity index (χ3v) is 3.41. The summed E-state index contributed by atoms with van der Waals surface area (Å²) in [4.78, 5) is 0. The Bertz CT molecular complexity index is 634. The van der Waals surface area contributed by atoms with E-state index in [4.69, 9.17) is 11.6 Å². The molecule has 0 aliphatic carbocycles. The summed E-state index contributed by atoms with van der Waals surface area (Å²) in [7, 11) is 0. The number of halogens is 1. The molecule has 17 heavy (non-hydrogen) atoms. The monoisotopic (exact) mass is 263 g/mol. The minimum absolute atomic E-state index is 0.661. The summed E-state index contributed by atoms with van der Waals surface area (Å²) in [6.45, 7) is 0. The van der Waals surface area contributed by atoms with Crippen LogP contribution < -0.4 is 0 Å². The van der Waals surface area contributed by atoms with E-state index in [2.05, 4.69) is 20.5 Å². The maximum Gasteiger partial charge on any atom is 0.234 e. The summed E-state index contributed by atoms with van der Waals surface area (Å²) < 4.78 is 1.57. The molecule has 0 N–H and O–H groups in total. The molecule has 0 atom stereocenters. The van der Waals surface area contributed by atoms with Crippen molar-refractivity contribution in [3.8, 4) is 15.7 Å². The fourth-order valence-corrected chi connectivity index (χ4v) is 2.46. The van der Waals surface area contributed by atoms with Gasteiger partial charge in [0.05, 0.1) is 17.4 Å². The van der Waals surface area contributed by atoms with E-state index in [0.717, 1.165) is 10.6 Å². The molecule has 0 aliphatic heterocycles. The normalized spacial score (nSPS) is 10.6. The van der Waals surface area contributed by atoms with Crippen molar-refractivity contribution in [2.24, 2.45) is 0 Å². The van der Waals surface area contributed by atoms with Crippen LogP contribution in [-0.2, 0) is 0 Å².